The van der Waals surface area contributed by atoms with Gasteiger partial charge in [-0.2, -0.15) is 0 Å². The third kappa shape index (κ3) is 2.72. The van der Waals surface area contributed by atoms with E-state index in [9.17, 15) is 13.2 Å². The number of hydrogen-bond acceptors (Lipinski definition) is 2. The van der Waals surface area contributed by atoms with Crippen LogP contribution in [-0.4, -0.2) is 12.1 Å². The van der Waals surface area contributed by atoms with Gasteiger partial charge >= 0.3 is 0 Å². The minimum Gasteiger partial charge on any atom is -0.483 e. The van der Waals surface area contributed by atoms with Gasteiger partial charge in [0.1, 0.15) is 11.9 Å². The second kappa shape index (κ2) is 4.96. The Bertz CT molecular complexity index is 388. The molecule has 1 aromatic carbocycles. The molecule has 2 rings (SSSR count). The van der Waals surface area contributed by atoms with E-state index in [-0.39, 0.29) is 6.04 Å². The quantitative estimate of drug-likeness (QED) is 0.869. The first-order chi connectivity index (χ1) is 8.08. The molecule has 0 saturated heterocycles. The number of halogens is 3. The lowest BCUT2D eigenvalue weighted by molar-refractivity contribution is 0.121. The summed E-state index contributed by atoms with van der Waals surface area (Å²) < 4.78 is 44.6. The van der Waals surface area contributed by atoms with Crippen LogP contribution >= 0.6 is 0 Å². The minimum absolute atomic E-state index is 0.229. The van der Waals surface area contributed by atoms with Gasteiger partial charge in [-0.25, -0.2) is 13.2 Å². The molecule has 2 nitrogen and oxygen atoms in total. The maximum Gasteiger partial charge on any atom is 0.191 e. The van der Waals surface area contributed by atoms with E-state index in [1.165, 1.54) is 0 Å². The van der Waals surface area contributed by atoms with E-state index < -0.39 is 29.3 Å². The third-order valence-electron chi connectivity index (χ3n) is 2.99. The lowest BCUT2D eigenvalue weighted by atomic mass is 9.93. The van der Waals surface area contributed by atoms with Crippen LogP contribution in [0.5, 0.6) is 5.75 Å². The smallest absolute Gasteiger partial charge is 0.191 e. The molecule has 94 valence electrons. The van der Waals surface area contributed by atoms with E-state index in [2.05, 4.69) is 0 Å². The summed E-state index contributed by atoms with van der Waals surface area (Å²) in [6.07, 6.45) is 2.95. The van der Waals surface area contributed by atoms with Crippen LogP contribution in [0.1, 0.15) is 25.7 Å². The van der Waals surface area contributed by atoms with Crippen molar-refractivity contribution >= 4 is 0 Å². The molecule has 17 heavy (non-hydrogen) atoms. The van der Waals surface area contributed by atoms with E-state index in [4.69, 9.17) is 10.5 Å². The van der Waals surface area contributed by atoms with Crippen molar-refractivity contribution in [2.75, 3.05) is 0 Å². The molecule has 2 atom stereocenters. The third-order valence-corrected chi connectivity index (χ3v) is 2.99. The largest absolute Gasteiger partial charge is 0.483 e. The summed E-state index contributed by atoms with van der Waals surface area (Å²) in [6, 6.07) is 0.979. The summed E-state index contributed by atoms with van der Waals surface area (Å²) in [4.78, 5) is 0. The Morgan fingerprint density at radius 2 is 1.65 bits per heavy atom. The molecular formula is C12H14F3NO. The number of ether oxygens (including phenoxy) is 1. The lowest BCUT2D eigenvalue weighted by Gasteiger charge is -2.29. The Hall–Kier alpha value is -1.23. The minimum atomic E-state index is -1.03. The predicted molar refractivity (Wildman–Crippen MR) is 57.2 cm³/mol. The van der Waals surface area contributed by atoms with Crippen LogP contribution in [-0.2, 0) is 0 Å². The van der Waals surface area contributed by atoms with Crippen molar-refractivity contribution in [2.24, 2.45) is 5.73 Å². The number of nitrogens with two attached hydrogens (primary N) is 1. The van der Waals surface area contributed by atoms with Gasteiger partial charge in [-0.1, -0.05) is 6.42 Å². The standard InChI is InChI=1S/C12H14F3NO/c13-7-5-8(14)12(9(15)6-7)17-11-4-2-1-3-10(11)16/h5-6,10-11H,1-4,16H2. The first-order valence-corrected chi connectivity index (χ1v) is 5.64. The van der Waals surface area contributed by atoms with Crippen LogP contribution in [0.3, 0.4) is 0 Å². The van der Waals surface area contributed by atoms with Gasteiger partial charge in [0.2, 0.25) is 0 Å². The Morgan fingerprint density at radius 3 is 2.24 bits per heavy atom. The van der Waals surface area contributed by atoms with Crippen molar-refractivity contribution in [3.05, 3.63) is 29.6 Å². The second-order valence-corrected chi connectivity index (χ2v) is 4.30. The molecule has 0 amide bonds. The van der Waals surface area contributed by atoms with Crippen molar-refractivity contribution in [3.63, 3.8) is 0 Å². The number of benzene rings is 1. The fourth-order valence-electron chi connectivity index (χ4n) is 2.06. The van der Waals surface area contributed by atoms with Crippen LogP contribution < -0.4 is 10.5 Å². The lowest BCUT2D eigenvalue weighted by Crippen LogP contribution is -2.41. The highest BCUT2D eigenvalue weighted by molar-refractivity contribution is 5.27. The highest BCUT2D eigenvalue weighted by Crippen LogP contribution is 2.27. The first-order valence-electron chi connectivity index (χ1n) is 5.64. The summed E-state index contributed by atoms with van der Waals surface area (Å²) in [5, 5.41) is 0. The van der Waals surface area contributed by atoms with E-state index in [1.54, 1.807) is 0 Å². The first kappa shape index (κ1) is 12.2. The SMILES string of the molecule is NC1CCCCC1Oc1c(F)cc(F)cc1F. The molecule has 1 aliphatic carbocycles. The molecule has 0 aromatic heterocycles. The molecule has 1 aliphatic rings. The Labute approximate surface area is 97.6 Å². The van der Waals surface area contributed by atoms with Crippen LogP contribution in [0.25, 0.3) is 0 Å². The van der Waals surface area contributed by atoms with Gasteiger partial charge in [-0.3, -0.25) is 0 Å². The zero-order valence-electron chi connectivity index (χ0n) is 9.26. The maximum absolute atomic E-state index is 13.3. The van der Waals surface area contributed by atoms with Crippen LogP contribution in [0.2, 0.25) is 0 Å². The molecule has 1 saturated carbocycles. The molecule has 0 bridgehead atoms. The van der Waals surface area contributed by atoms with Crippen molar-refractivity contribution in [2.45, 2.75) is 37.8 Å². The molecule has 1 fully saturated rings. The highest BCUT2D eigenvalue weighted by Gasteiger charge is 2.26. The van der Waals surface area contributed by atoms with E-state index in [1.807, 2.05) is 0 Å². The van der Waals surface area contributed by atoms with Crippen LogP contribution in [0, 0.1) is 17.5 Å². The topological polar surface area (TPSA) is 35.2 Å². The van der Waals surface area contributed by atoms with E-state index in [0.29, 0.717) is 18.6 Å². The number of rotatable bonds is 2. The molecule has 0 spiro atoms. The van der Waals surface area contributed by atoms with Gasteiger partial charge in [-0.15, -0.1) is 0 Å². The summed E-state index contributed by atoms with van der Waals surface area (Å²) in [5.41, 5.74) is 5.81. The zero-order chi connectivity index (χ0) is 12.4. The van der Waals surface area contributed by atoms with Crippen LogP contribution in [0.15, 0.2) is 12.1 Å². The average molecular weight is 245 g/mol. The zero-order valence-corrected chi connectivity index (χ0v) is 9.26. The van der Waals surface area contributed by atoms with Gasteiger partial charge < -0.3 is 10.5 Å². The molecular weight excluding hydrogens is 231 g/mol. The van der Waals surface area contributed by atoms with Gasteiger partial charge in [0.15, 0.2) is 17.4 Å². The van der Waals surface area contributed by atoms with Gasteiger partial charge in [0.05, 0.1) is 0 Å². The Balaban J connectivity index is 2.17. The molecule has 0 radical (unpaired) electrons. The van der Waals surface area contributed by atoms with Gasteiger partial charge in [0, 0.05) is 18.2 Å². The molecule has 2 unspecified atom stereocenters. The average Bonchev–Trinajstić information content (AvgIpc) is 2.25. The maximum atomic E-state index is 13.3. The summed E-state index contributed by atoms with van der Waals surface area (Å²) in [7, 11) is 0. The van der Waals surface area contributed by atoms with Crippen molar-refractivity contribution in [1.29, 1.82) is 0 Å². The highest BCUT2D eigenvalue weighted by atomic mass is 19.1. The monoisotopic (exact) mass is 245 g/mol. The molecule has 0 heterocycles. The predicted octanol–water partition coefficient (Wildman–Crippen LogP) is 2.75. The molecule has 1 aromatic rings. The summed E-state index contributed by atoms with van der Waals surface area (Å²) >= 11 is 0. The van der Waals surface area contributed by atoms with Crippen molar-refractivity contribution in [3.8, 4) is 5.75 Å². The van der Waals surface area contributed by atoms with Gasteiger partial charge in [-0.05, 0) is 19.3 Å². The molecule has 0 aliphatic heterocycles. The van der Waals surface area contributed by atoms with Crippen molar-refractivity contribution in [1.82, 2.24) is 0 Å². The van der Waals surface area contributed by atoms with E-state index >= 15 is 0 Å². The fourth-order valence-corrected chi connectivity index (χ4v) is 2.06. The molecule has 5 heteroatoms. The van der Waals surface area contributed by atoms with Gasteiger partial charge in [0.25, 0.3) is 0 Å². The summed E-state index contributed by atoms with van der Waals surface area (Å²) in [6.45, 7) is 0. The Morgan fingerprint density at radius 1 is 1.06 bits per heavy atom. The van der Waals surface area contributed by atoms with E-state index in [0.717, 1.165) is 19.3 Å². The normalized spacial score (nSPS) is 24.7. The number of hydrogen-bond donors (Lipinski definition) is 1. The molecule has 2 N–H and O–H groups in total. The Kier molecular flexibility index (Phi) is 3.57. The van der Waals surface area contributed by atoms with Crippen LogP contribution in [0.4, 0.5) is 13.2 Å². The summed E-state index contributed by atoms with van der Waals surface area (Å²) in [5.74, 6) is -3.55. The van der Waals surface area contributed by atoms with Crippen molar-refractivity contribution < 1.29 is 17.9 Å². The fraction of sp³-hybridized carbons (Fsp3) is 0.500. The second-order valence-electron chi connectivity index (χ2n) is 4.30.